The highest BCUT2D eigenvalue weighted by Gasteiger charge is 2.22. The fourth-order valence-corrected chi connectivity index (χ4v) is 4.58. The van der Waals surface area contributed by atoms with Gasteiger partial charge in [-0.05, 0) is 0 Å². The van der Waals surface area contributed by atoms with Crippen LogP contribution in [-0.4, -0.2) is 63.0 Å². The molecule has 2 saturated heterocycles. The lowest BCUT2D eigenvalue weighted by molar-refractivity contribution is 0.0949. The topological polar surface area (TPSA) is 71.8 Å². The molecule has 2 aliphatic heterocycles. The van der Waals surface area contributed by atoms with E-state index in [1.165, 1.54) is 11.5 Å². The van der Waals surface area contributed by atoms with Crippen molar-refractivity contribution in [3.8, 4) is 0 Å². The highest BCUT2D eigenvalue weighted by molar-refractivity contribution is 8.06. The van der Waals surface area contributed by atoms with Crippen LogP contribution in [0.15, 0.2) is 6.20 Å². The summed E-state index contributed by atoms with van der Waals surface area (Å²) in [6, 6.07) is 0.347. The van der Waals surface area contributed by atoms with Gasteiger partial charge in [0.05, 0.1) is 12.2 Å². The van der Waals surface area contributed by atoms with E-state index >= 15 is 0 Å². The summed E-state index contributed by atoms with van der Waals surface area (Å²) in [5.41, 5.74) is 0.417. The van der Waals surface area contributed by atoms with Gasteiger partial charge in [0.15, 0.2) is 5.69 Å². The molecular weight excluding hydrogens is 282 g/mol. The quantitative estimate of drug-likeness (QED) is 0.815. The molecule has 0 aromatic carbocycles. The second kappa shape index (κ2) is 6.15. The highest BCUT2D eigenvalue weighted by Crippen LogP contribution is 2.23. The molecule has 2 fully saturated rings. The second-order valence-corrected chi connectivity index (χ2v) is 7.23. The van der Waals surface area contributed by atoms with Gasteiger partial charge >= 0.3 is 0 Å². The molecule has 1 aromatic rings. The number of carbonyl (C=O) groups is 1. The van der Waals surface area contributed by atoms with Crippen LogP contribution in [0.2, 0.25) is 0 Å². The first-order valence-electron chi connectivity index (χ1n) is 6.43. The zero-order valence-electron chi connectivity index (χ0n) is 10.5. The Bertz CT molecular complexity index is 442. The third-order valence-electron chi connectivity index (χ3n) is 3.25. The lowest BCUT2D eigenvalue weighted by Gasteiger charge is -2.26. The number of nitrogens with one attached hydrogen (secondary N) is 2. The van der Waals surface area contributed by atoms with Crippen LogP contribution < -0.4 is 10.6 Å². The zero-order chi connectivity index (χ0) is 13.1. The van der Waals surface area contributed by atoms with E-state index in [9.17, 15) is 4.79 Å². The molecule has 3 rings (SSSR count). The lowest BCUT2D eigenvalue weighted by Crippen LogP contribution is -2.43. The first-order chi connectivity index (χ1) is 9.33. The molecule has 19 heavy (non-hydrogen) atoms. The molecule has 0 radical (unpaired) electrons. The molecule has 1 atom stereocenters. The summed E-state index contributed by atoms with van der Waals surface area (Å²) in [7, 11) is 0. The maximum atomic E-state index is 12.0. The smallest absolute Gasteiger partial charge is 0.273 e. The minimum Gasteiger partial charge on any atom is -0.349 e. The van der Waals surface area contributed by atoms with Crippen LogP contribution in [0.25, 0.3) is 0 Å². The van der Waals surface area contributed by atoms with Gasteiger partial charge in [0.2, 0.25) is 0 Å². The number of carbonyl (C=O) groups excluding carboxylic acids is 1. The van der Waals surface area contributed by atoms with E-state index in [-0.39, 0.29) is 5.91 Å². The van der Waals surface area contributed by atoms with Gasteiger partial charge in [-0.2, -0.15) is 23.5 Å². The number of hydrogen-bond donors (Lipinski definition) is 2. The van der Waals surface area contributed by atoms with Gasteiger partial charge in [-0.25, -0.2) is 4.68 Å². The van der Waals surface area contributed by atoms with Crippen molar-refractivity contribution in [3.63, 3.8) is 0 Å². The van der Waals surface area contributed by atoms with Gasteiger partial charge in [-0.3, -0.25) is 4.79 Å². The summed E-state index contributed by atoms with van der Waals surface area (Å²) in [6.07, 6.45) is 1.74. The molecule has 104 valence electrons. The number of hydrogen-bond acceptors (Lipinski definition) is 6. The number of aromatic nitrogens is 3. The van der Waals surface area contributed by atoms with Crippen LogP contribution in [0.1, 0.15) is 16.5 Å². The van der Waals surface area contributed by atoms with Gasteiger partial charge < -0.3 is 10.6 Å². The Labute approximate surface area is 120 Å². The van der Waals surface area contributed by atoms with E-state index in [1.54, 1.807) is 10.9 Å². The molecule has 0 bridgehead atoms. The zero-order valence-corrected chi connectivity index (χ0v) is 12.2. The summed E-state index contributed by atoms with van der Waals surface area (Å²) >= 11 is 3.90. The third-order valence-corrected chi connectivity index (χ3v) is 6.10. The van der Waals surface area contributed by atoms with Crippen molar-refractivity contribution in [2.45, 2.75) is 11.3 Å². The largest absolute Gasteiger partial charge is 0.349 e. The van der Waals surface area contributed by atoms with Gasteiger partial charge in [0, 0.05) is 42.1 Å². The predicted octanol–water partition coefficient (Wildman–Crippen LogP) is 0.000800. The molecule has 0 spiro atoms. The first kappa shape index (κ1) is 13.3. The second-order valence-electron chi connectivity index (χ2n) is 4.67. The summed E-state index contributed by atoms with van der Waals surface area (Å²) in [5.74, 6) is 3.40. The van der Waals surface area contributed by atoms with Crippen molar-refractivity contribution in [3.05, 3.63) is 11.9 Å². The number of amides is 1. The molecule has 0 aliphatic carbocycles. The van der Waals surface area contributed by atoms with E-state index < -0.39 is 0 Å². The third kappa shape index (κ3) is 3.24. The molecule has 0 saturated carbocycles. The van der Waals surface area contributed by atoms with Gasteiger partial charge in [-0.1, -0.05) is 5.21 Å². The summed E-state index contributed by atoms with van der Waals surface area (Å²) in [4.78, 5) is 12.0. The Kier molecular flexibility index (Phi) is 4.29. The van der Waals surface area contributed by atoms with Crippen LogP contribution in [0.5, 0.6) is 0 Å². The van der Waals surface area contributed by atoms with E-state index in [2.05, 4.69) is 20.9 Å². The minimum absolute atomic E-state index is 0.116. The van der Waals surface area contributed by atoms with Crippen molar-refractivity contribution in [2.75, 3.05) is 36.9 Å². The SMILES string of the molecule is O=C(NCC1CSCCS1)c1cn(C2CNC2)nn1. The molecule has 1 aromatic heterocycles. The molecular formula is C11H17N5OS2. The van der Waals surface area contributed by atoms with Crippen molar-refractivity contribution in [1.29, 1.82) is 0 Å². The van der Waals surface area contributed by atoms with Crippen molar-refractivity contribution >= 4 is 29.4 Å². The van der Waals surface area contributed by atoms with E-state index in [4.69, 9.17) is 0 Å². The molecule has 6 nitrogen and oxygen atoms in total. The maximum absolute atomic E-state index is 12.0. The Morgan fingerprint density at radius 3 is 3.11 bits per heavy atom. The fourth-order valence-electron chi connectivity index (χ4n) is 1.97. The number of nitrogens with zero attached hydrogens (tertiary/aromatic N) is 3. The Balaban J connectivity index is 1.50. The van der Waals surface area contributed by atoms with Gasteiger partial charge in [-0.15, -0.1) is 5.10 Å². The molecule has 1 amide bonds. The van der Waals surface area contributed by atoms with Crippen molar-refractivity contribution in [2.24, 2.45) is 0 Å². The Hall–Kier alpha value is -0.730. The van der Waals surface area contributed by atoms with Crippen LogP contribution in [0.3, 0.4) is 0 Å². The standard InChI is InChI=1S/C11H17N5OS2/c17-11(13-5-9-7-18-1-2-19-9)10-6-16(15-14-10)8-3-12-4-8/h6,8-9,12H,1-5,7H2,(H,13,17). The van der Waals surface area contributed by atoms with Crippen LogP contribution in [0, 0.1) is 0 Å². The minimum atomic E-state index is -0.116. The fraction of sp³-hybridized carbons (Fsp3) is 0.727. The van der Waals surface area contributed by atoms with E-state index in [0.29, 0.717) is 23.5 Å². The summed E-state index contributed by atoms with van der Waals surface area (Å²) in [5, 5.41) is 14.6. The molecule has 8 heteroatoms. The molecule has 1 unspecified atom stereocenters. The lowest BCUT2D eigenvalue weighted by atomic mass is 10.2. The van der Waals surface area contributed by atoms with Gasteiger partial charge in [0.25, 0.3) is 5.91 Å². The monoisotopic (exact) mass is 299 g/mol. The highest BCUT2D eigenvalue weighted by atomic mass is 32.2. The maximum Gasteiger partial charge on any atom is 0.273 e. The van der Waals surface area contributed by atoms with Crippen LogP contribution in [-0.2, 0) is 0 Å². The average Bonchev–Trinajstić information content (AvgIpc) is 2.84. The van der Waals surface area contributed by atoms with Crippen molar-refractivity contribution in [1.82, 2.24) is 25.6 Å². The Morgan fingerprint density at radius 1 is 1.53 bits per heavy atom. The summed E-state index contributed by atoms with van der Waals surface area (Å²) in [6.45, 7) is 2.52. The van der Waals surface area contributed by atoms with Crippen LogP contribution >= 0.6 is 23.5 Å². The van der Waals surface area contributed by atoms with Gasteiger partial charge in [0.1, 0.15) is 0 Å². The number of rotatable bonds is 4. The molecule has 2 N–H and O–H groups in total. The van der Waals surface area contributed by atoms with E-state index in [0.717, 1.165) is 18.8 Å². The Morgan fingerprint density at radius 2 is 2.42 bits per heavy atom. The predicted molar refractivity (Wildman–Crippen MR) is 77.8 cm³/mol. The van der Waals surface area contributed by atoms with Crippen LogP contribution in [0.4, 0.5) is 0 Å². The van der Waals surface area contributed by atoms with E-state index in [1.807, 2.05) is 23.5 Å². The summed E-state index contributed by atoms with van der Waals surface area (Å²) < 4.78 is 1.77. The average molecular weight is 299 g/mol. The molecule has 3 heterocycles. The first-order valence-corrected chi connectivity index (χ1v) is 8.63. The normalized spacial score (nSPS) is 23.9. The number of thioether (sulfide) groups is 2. The molecule has 2 aliphatic rings. The van der Waals surface area contributed by atoms with Crippen molar-refractivity contribution < 1.29 is 4.79 Å².